The van der Waals surface area contributed by atoms with Crippen molar-refractivity contribution in [2.45, 2.75) is 59.4 Å². The number of hydrogen-bond donors (Lipinski definition) is 0. The van der Waals surface area contributed by atoms with Gasteiger partial charge < -0.3 is 9.47 Å². The van der Waals surface area contributed by atoms with Crippen molar-refractivity contribution < 1.29 is 80.5 Å². The van der Waals surface area contributed by atoms with Gasteiger partial charge in [0.2, 0.25) is 5.41 Å². The number of alkyl halides is 14. The second-order valence-electron chi connectivity index (χ2n) is 8.33. The number of esters is 2. The molecular weight excluding hydrogens is 546 g/mol. The molecule has 4 fully saturated rings. The molecule has 0 amide bonds. The molecule has 0 saturated heterocycles. The van der Waals surface area contributed by atoms with E-state index in [-0.39, 0.29) is 0 Å². The van der Waals surface area contributed by atoms with Gasteiger partial charge in [-0.3, -0.25) is 0 Å². The van der Waals surface area contributed by atoms with Gasteiger partial charge in [0.1, 0.15) is 6.61 Å². The first-order valence-electron chi connectivity index (χ1n) is 9.11. The fourth-order valence-electron chi connectivity index (χ4n) is 4.93. The number of carbonyl (C=O) groups is 2. The zero-order chi connectivity index (χ0) is 28.6. The van der Waals surface area contributed by atoms with Crippen LogP contribution in [0.15, 0.2) is 24.8 Å². The van der Waals surface area contributed by atoms with Crippen LogP contribution in [0.4, 0.5) is 61.5 Å². The van der Waals surface area contributed by atoms with Crippen LogP contribution in [-0.4, -0.2) is 71.0 Å². The van der Waals surface area contributed by atoms with Crippen LogP contribution in [0.25, 0.3) is 0 Å². The SMILES string of the molecule is C=CC(=O)OC12C(F)(F)C3(F)C(F)(F)C(F)(C(F)(F)C(COC(=O)C(=C)C)(C3(F)F)C1(F)F)C2(F)F. The van der Waals surface area contributed by atoms with Gasteiger partial charge in [-0.2, -0.15) is 26.3 Å². The molecule has 4 rings (SSSR count). The van der Waals surface area contributed by atoms with Gasteiger partial charge in [-0.15, -0.1) is 0 Å². The smallest absolute Gasteiger partial charge is 0.344 e. The number of ether oxygens (including phenoxy) is 2. The van der Waals surface area contributed by atoms with Crippen LogP contribution in [0.2, 0.25) is 0 Å². The third-order valence-electron chi connectivity index (χ3n) is 6.72. The van der Waals surface area contributed by atoms with Crippen molar-refractivity contribution in [3.05, 3.63) is 24.8 Å². The van der Waals surface area contributed by atoms with Crippen molar-refractivity contribution in [3.8, 4) is 0 Å². The fraction of sp³-hybridized carbons (Fsp3) is 0.667. The molecule has 0 aromatic carbocycles. The fourth-order valence-corrected chi connectivity index (χ4v) is 4.93. The average Bonchev–Trinajstić information content (AvgIpc) is 2.71. The molecular formula is C18H10F14O4. The summed E-state index contributed by atoms with van der Waals surface area (Å²) >= 11 is 0. The summed E-state index contributed by atoms with van der Waals surface area (Å²) < 4.78 is 218. The zero-order valence-corrected chi connectivity index (χ0v) is 17.1. The van der Waals surface area contributed by atoms with Crippen LogP contribution in [0, 0.1) is 5.41 Å². The predicted octanol–water partition coefficient (Wildman–Crippen LogP) is 4.83. The van der Waals surface area contributed by atoms with Crippen LogP contribution in [-0.2, 0) is 19.1 Å². The van der Waals surface area contributed by atoms with E-state index < -0.39 is 88.1 Å². The highest BCUT2D eigenvalue weighted by Gasteiger charge is 3.23. The summed E-state index contributed by atoms with van der Waals surface area (Å²) in [4.78, 5) is 23.0. The lowest BCUT2D eigenvalue weighted by molar-refractivity contribution is -0.621. The highest BCUT2D eigenvalue weighted by atomic mass is 19.3. The maximum atomic E-state index is 15.5. The monoisotopic (exact) mass is 556 g/mol. The molecule has 0 heterocycles. The summed E-state index contributed by atoms with van der Waals surface area (Å²) in [5.41, 5.74) is -30.1. The lowest BCUT2D eigenvalue weighted by Crippen LogP contribution is -3.09. The molecule has 0 radical (unpaired) electrons. The van der Waals surface area contributed by atoms with Crippen LogP contribution >= 0.6 is 0 Å². The second kappa shape index (κ2) is 6.46. The number of hydrogen-bond acceptors (Lipinski definition) is 4. The number of rotatable bonds is 5. The van der Waals surface area contributed by atoms with E-state index in [1.807, 2.05) is 0 Å². The number of carbonyl (C=O) groups excluding carboxylic acids is 2. The summed E-state index contributed by atoms with van der Waals surface area (Å²) in [5, 5.41) is 0. The molecule has 0 spiro atoms. The summed E-state index contributed by atoms with van der Waals surface area (Å²) in [5.74, 6) is -50.8. The van der Waals surface area contributed by atoms with Crippen LogP contribution < -0.4 is 0 Å². The van der Waals surface area contributed by atoms with Crippen molar-refractivity contribution in [2.75, 3.05) is 6.61 Å². The Morgan fingerprint density at radius 2 is 1.08 bits per heavy atom. The molecule has 18 heteroatoms. The lowest BCUT2D eigenvalue weighted by Gasteiger charge is -2.76. The van der Waals surface area contributed by atoms with Gasteiger partial charge in [0.15, 0.2) is 0 Å². The van der Waals surface area contributed by atoms with E-state index in [1.54, 1.807) is 0 Å². The van der Waals surface area contributed by atoms with Crippen molar-refractivity contribution >= 4 is 11.9 Å². The molecule has 0 aliphatic heterocycles. The van der Waals surface area contributed by atoms with Crippen molar-refractivity contribution in [1.82, 2.24) is 0 Å². The second-order valence-corrected chi connectivity index (χ2v) is 8.33. The van der Waals surface area contributed by atoms with E-state index in [0.29, 0.717) is 6.92 Å². The van der Waals surface area contributed by atoms with Crippen molar-refractivity contribution in [3.63, 3.8) is 0 Å². The third kappa shape index (κ3) is 1.94. The first-order valence-corrected chi connectivity index (χ1v) is 9.11. The van der Waals surface area contributed by atoms with Gasteiger partial charge in [-0.05, 0) is 6.92 Å². The molecule has 4 nitrogen and oxygen atoms in total. The Morgan fingerprint density at radius 1 is 0.694 bits per heavy atom. The molecule has 0 aromatic rings. The lowest BCUT2D eigenvalue weighted by atomic mass is 9.36. The Morgan fingerprint density at radius 3 is 1.42 bits per heavy atom. The first kappa shape index (κ1) is 28.0. The molecule has 2 unspecified atom stereocenters. The minimum absolute atomic E-state index is 0.515. The molecule has 36 heavy (non-hydrogen) atoms. The molecule has 204 valence electrons. The number of halogens is 14. The molecule has 4 aliphatic rings. The topological polar surface area (TPSA) is 52.6 Å². The molecule has 0 aromatic heterocycles. The van der Waals surface area contributed by atoms with E-state index in [9.17, 15) is 18.4 Å². The predicted molar refractivity (Wildman–Crippen MR) is 84.6 cm³/mol. The van der Waals surface area contributed by atoms with Crippen molar-refractivity contribution in [1.29, 1.82) is 0 Å². The van der Waals surface area contributed by atoms with Gasteiger partial charge in [0.05, 0.1) is 0 Å². The van der Waals surface area contributed by atoms with Gasteiger partial charge in [0.25, 0.3) is 0 Å². The van der Waals surface area contributed by atoms with E-state index in [0.717, 1.165) is 0 Å². The standard InChI is InChI=1S/C18H10F14O4/c1-4-7(33)36-12-15(25,26)9(5-35-8(34)6(2)3)13(21,22)10(19,17(12,29)30)16(27,28)11(20,14(9,23)24)18(12,31)32/h4H,1-2,5H2,3H3. The molecule has 4 bridgehead atoms. The molecule has 2 atom stereocenters. The Labute approximate surface area is 189 Å². The molecule has 4 saturated carbocycles. The summed E-state index contributed by atoms with van der Waals surface area (Å²) in [7, 11) is 0. The quantitative estimate of drug-likeness (QED) is 0.277. The summed E-state index contributed by atoms with van der Waals surface area (Å²) in [6.45, 7) is 2.28. The van der Waals surface area contributed by atoms with Gasteiger partial charge in [-0.25, -0.2) is 44.7 Å². The van der Waals surface area contributed by atoms with Gasteiger partial charge >= 0.3 is 64.4 Å². The maximum Gasteiger partial charge on any atom is 0.344 e. The minimum atomic E-state index is -7.84. The largest absolute Gasteiger partial charge is 0.461 e. The summed E-state index contributed by atoms with van der Waals surface area (Å²) in [6, 6.07) is 0. The first-order chi connectivity index (χ1) is 15.8. The van der Waals surface area contributed by atoms with Crippen LogP contribution in [0.5, 0.6) is 0 Å². The maximum absolute atomic E-state index is 15.5. The Kier molecular flexibility index (Phi) is 5.03. The zero-order valence-electron chi connectivity index (χ0n) is 17.1. The Balaban J connectivity index is 2.65. The van der Waals surface area contributed by atoms with E-state index in [4.69, 9.17) is 0 Å². The van der Waals surface area contributed by atoms with E-state index in [1.165, 1.54) is 0 Å². The molecule has 4 aliphatic carbocycles. The van der Waals surface area contributed by atoms with Gasteiger partial charge in [0, 0.05) is 11.6 Å². The average molecular weight is 556 g/mol. The van der Waals surface area contributed by atoms with E-state index >= 15 is 52.7 Å². The third-order valence-corrected chi connectivity index (χ3v) is 6.72. The van der Waals surface area contributed by atoms with E-state index in [2.05, 4.69) is 22.6 Å². The van der Waals surface area contributed by atoms with Crippen LogP contribution in [0.1, 0.15) is 6.92 Å². The Bertz CT molecular complexity index is 1040. The Hall–Kier alpha value is -2.56. The molecule has 0 N–H and O–H groups in total. The van der Waals surface area contributed by atoms with Crippen molar-refractivity contribution in [2.24, 2.45) is 5.41 Å². The minimum Gasteiger partial charge on any atom is -0.461 e. The highest BCUT2D eigenvalue weighted by molar-refractivity contribution is 5.87. The normalized spacial score (nSPS) is 41.3. The summed E-state index contributed by atoms with van der Waals surface area (Å²) in [6.07, 6.45) is -0.515. The van der Waals surface area contributed by atoms with Gasteiger partial charge in [-0.1, -0.05) is 13.2 Å². The highest BCUT2D eigenvalue weighted by Crippen LogP contribution is 2.90. The van der Waals surface area contributed by atoms with Crippen LogP contribution in [0.3, 0.4) is 0 Å².